The van der Waals surface area contributed by atoms with Crippen LogP contribution in [0.15, 0.2) is 95.5 Å². The fraction of sp³-hybridized carbons (Fsp3) is 0.111. The number of carbonyl (C=O) groups is 2. The molecule has 0 aliphatic carbocycles. The van der Waals surface area contributed by atoms with E-state index in [1.807, 2.05) is 66.7 Å². The second-order valence-corrected chi connectivity index (χ2v) is 8.27. The molecule has 2 amide bonds. The Labute approximate surface area is 200 Å². The van der Waals surface area contributed by atoms with Gasteiger partial charge in [0, 0.05) is 6.54 Å². The van der Waals surface area contributed by atoms with E-state index in [2.05, 4.69) is 26.6 Å². The van der Waals surface area contributed by atoms with Crippen molar-refractivity contribution in [3.63, 3.8) is 0 Å². The Morgan fingerprint density at radius 2 is 1.55 bits per heavy atom. The van der Waals surface area contributed by atoms with E-state index in [0.29, 0.717) is 23.5 Å². The molecule has 0 unspecified atom stereocenters. The Bertz CT molecular complexity index is 1270. The van der Waals surface area contributed by atoms with E-state index in [0.717, 1.165) is 27.2 Å². The predicted molar refractivity (Wildman–Crippen MR) is 135 cm³/mol. The molecule has 0 aliphatic heterocycles. The lowest BCUT2D eigenvalue weighted by Crippen LogP contribution is -2.28. The van der Waals surface area contributed by atoms with Crippen molar-refractivity contribution in [1.29, 1.82) is 0 Å². The van der Waals surface area contributed by atoms with Crippen LogP contribution in [-0.4, -0.2) is 25.0 Å². The van der Waals surface area contributed by atoms with Crippen LogP contribution >= 0.6 is 15.9 Å². The van der Waals surface area contributed by atoms with Crippen molar-refractivity contribution in [1.82, 2.24) is 5.32 Å². The Hall–Kier alpha value is -3.64. The van der Waals surface area contributed by atoms with Crippen LogP contribution in [0.3, 0.4) is 0 Å². The molecule has 0 saturated heterocycles. The molecule has 33 heavy (non-hydrogen) atoms. The number of rotatable bonds is 8. The first-order valence-electron chi connectivity index (χ1n) is 10.6. The van der Waals surface area contributed by atoms with Gasteiger partial charge in [0.05, 0.1) is 15.7 Å². The number of ether oxygens (including phenoxy) is 1. The van der Waals surface area contributed by atoms with Crippen molar-refractivity contribution in [2.75, 3.05) is 18.5 Å². The number of amides is 2. The lowest BCUT2D eigenvalue weighted by atomic mass is 10.1. The van der Waals surface area contributed by atoms with Gasteiger partial charge in [0.1, 0.15) is 5.75 Å². The Morgan fingerprint density at radius 1 is 0.818 bits per heavy atom. The number of halogens is 1. The van der Waals surface area contributed by atoms with Crippen molar-refractivity contribution in [2.45, 2.75) is 6.42 Å². The largest absolute Gasteiger partial charge is 0.483 e. The molecule has 6 heteroatoms. The Morgan fingerprint density at radius 3 is 2.39 bits per heavy atom. The number of benzene rings is 4. The summed E-state index contributed by atoms with van der Waals surface area (Å²) in [5, 5.41) is 7.79. The van der Waals surface area contributed by atoms with Crippen molar-refractivity contribution >= 4 is 44.2 Å². The molecule has 0 saturated carbocycles. The topological polar surface area (TPSA) is 67.4 Å². The zero-order valence-electron chi connectivity index (χ0n) is 17.9. The standard InChI is InChI=1S/C27H23BrN2O3/c28-26-21-11-5-4-10-20(21)14-15-24(26)33-18-25(31)30-23-13-7-6-12-22(23)27(32)29-17-16-19-8-2-1-3-9-19/h1-15H,16-18H2,(H,29,32)(H,30,31). The zero-order valence-corrected chi connectivity index (χ0v) is 19.5. The SMILES string of the molecule is O=C(COc1ccc2ccccc2c1Br)Nc1ccccc1C(=O)NCCc1ccccc1. The Balaban J connectivity index is 1.35. The summed E-state index contributed by atoms with van der Waals surface area (Å²) >= 11 is 3.56. The monoisotopic (exact) mass is 502 g/mol. The van der Waals surface area contributed by atoms with E-state index in [9.17, 15) is 9.59 Å². The number of carbonyl (C=O) groups excluding carboxylic acids is 2. The predicted octanol–water partition coefficient (Wildman–Crippen LogP) is 5.59. The minimum atomic E-state index is -0.348. The van der Waals surface area contributed by atoms with Crippen molar-refractivity contribution in [3.05, 3.63) is 107 Å². The lowest BCUT2D eigenvalue weighted by Gasteiger charge is -2.13. The molecule has 4 rings (SSSR count). The van der Waals surface area contributed by atoms with Gasteiger partial charge >= 0.3 is 0 Å². The number of fused-ring (bicyclic) bond motifs is 1. The molecule has 2 N–H and O–H groups in total. The first-order chi connectivity index (χ1) is 16.1. The van der Waals surface area contributed by atoms with Gasteiger partial charge in [-0.1, -0.05) is 72.8 Å². The van der Waals surface area contributed by atoms with Gasteiger partial charge in [-0.05, 0) is 56.9 Å². The molecule has 4 aromatic rings. The van der Waals surface area contributed by atoms with Crippen LogP contribution in [0.4, 0.5) is 5.69 Å². The minimum absolute atomic E-state index is 0.180. The van der Waals surface area contributed by atoms with Crippen molar-refractivity contribution in [3.8, 4) is 5.75 Å². The van der Waals surface area contributed by atoms with Gasteiger partial charge in [0.15, 0.2) is 6.61 Å². The fourth-order valence-electron chi connectivity index (χ4n) is 3.51. The zero-order chi connectivity index (χ0) is 23.0. The molecule has 4 aromatic carbocycles. The highest BCUT2D eigenvalue weighted by molar-refractivity contribution is 9.10. The van der Waals surface area contributed by atoms with Crippen LogP contribution in [0.2, 0.25) is 0 Å². The second kappa shape index (κ2) is 10.8. The van der Waals surface area contributed by atoms with Crippen molar-refractivity contribution < 1.29 is 14.3 Å². The molecular formula is C27H23BrN2O3. The number of hydrogen-bond donors (Lipinski definition) is 2. The molecule has 0 aliphatic rings. The highest BCUT2D eigenvalue weighted by atomic mass is 79.9. The van der Waals surface area contributed by atoms with Crippen LogP contribution < -0.4 is 15.4 Å². The van der Waals surface area contributed by atoms with Crippen LogP contribution in [0.5, 0.6) is 5.75 Å². The first-order valence-corrected chi connectivity index (χ1v) is 11.4. The molecule has 5 nitrogen and oxygen atoms in total. The summed E-state index contributed by atoms with van der Waals surface area (Å²) in [5.41, 5.74) is 2.00. The van der Waals surface area contributed by atoms with Crippen LogP contribution in [0.1, 0.15) is 15.9 Å². The van der Waals surface area contributed by atoms with Gasteiger partial charge in [0.2, 0.25) is 0 Å². The Kier molecular flexibility index (Phi) is 7.37. The first kappa shape index (κ1) is 22.6. The van der Waals surface area contributed by atoms with Gasteiger partial charge in [-0.15, -0.1) is 0 Å². The third-order valence-electron chi connectivity index (χ3n) is 5.17. The number of hydrogen-bond acceptors (Lipinski definition) is 3. The second-order valence-electron chi connectivity index (χ2n) is 7.47. The summed E-state index contributed by atoms with van der Waals surface area (Å²) in [4.78, 5) is 25.2. The van der Waals surface area contributed by atoms with E-state index in [1.54, 1.807) is 24.3 Å². The lowest BCUT2D eigenvalue weighted by molar-refractivity contribution is -0.118. The quantitative estimate of drug-likeness (QED) is 0.329. The summed E-state index contributed by atoms with van der Waals surface area (Å²) in [6.07, 6.45) is 0.732. The summed E-state index contributed by atoms with van der Waals surface area (Å²) in [6, 6.07) is 28.6. The van der Waals surface area contributed by atoms with Gasteiger partial charge in [-0.2, -0.15) is 0 Å². The van der Waals surface area contributed by atoms with E-state index in [4.69, 9.17) is 4.74 Å². The van der Waals surface area contributed by atoms with Gasteiger partial charge in [-0.25, -0.2) is 0 Å². The van der Waals surface area contributed by atoms with Gasteiger partial charge < -0.3 is 15.4 Å². The van der Waals surface area contributed by atoms with Crippen LogP contribution in [0, 0.1) is 0 Å². The molecule has 0 radical (unpaired) electrons. The maximum atomic E-state index is 12.7. The van der Waals surface area contributed by atoms with Gasteiger partial charge in [-0.3, -0.25) is 9.59 Å². The normalized spacial score (nSPS) is 10.6. The third kappa shape index (κ3) is 5.79. The fourth-order valence-corrected chi connectivity index (χ4v) is 4.11. The maximum Gasteiger partial charge on any atom is 0.262 e. The number of para-hydroxylation sites is 1. The summed E-state index contributed by atoms with van der Waals surface area (Å²) in [6.45, 7) is 0.325. The van der Waals surface area contributed by atoms with E-state index in [1.165, 1.54) is 0 Å². The smallest absolute Gasteiger partial charge is 0.262 e. The third-order valence-corrected chi connectivity index (χ3v) is 5.99. The van der Waals surface area contributed by atoms with Crippen LogP contribution in [-0.2, 0) is 11.2 Å². The average molecular weight is 503 g/mol. The molecule has 166 valence electrons. The van der Waals surface area contributed by atoms with Gasteiger partial charge in [0.25, 0.3) is 11.8 Å². The maximum absolute atomic E-state index is 12.7. The number of anilines is 1. The van der Waals surface area contributed by atoms with E-state index < -0.39 is 0 Å². The molecular weight excluding hydrogens is 480 g/mol. The molecule has 0 bridgehead atoms. The summed E-state index contributed by atoms with van der Waals surface area (Å²) < 4.78 is 6.53. The van der Waals surface area contributed by atoms with E-state index in [-0.39, 0.29) is 18.4 Å². The molecule has 0 fully saturated rings. The van der Waals surface area contributed by atoms with Crippen LogP contribution in [0.25, 0.3) is 10.8 Å². The summed E-state index contributed by atoms with van der Waals surface area (Å²) in [5.74, 6) is -0.00425. The highest BCUT2D eigenvalue weighted by Crippen LogP contribution is 2.33. The molecule has 0 heterocycles. The average Bonchev–Trinajstić information content (AvgIpc) is 2.85. The summed E-state index contributed by atoms with van der Waals surface area (Å²) in [7, 11) is 0. The molecule has 0 atom stereocenters. The molecule has 0 aromatic heterocycles. The van der Waals surface area contributed by atoms with E-state index >= 15 is 0 Å². The van der Waals surface area contributed by atoms with Crippen molar-refractivity contribution in [2.24, 2.45) is 0 Å². The number of nitrogens with one attached hydrogen (secondary N) is 2. The highest BCUT2D eigenvalue weighted by Gasteiger charge is 2.14. The minimum Gasteiger partial charge on any atom is -0.483 e. The molecule has 0 spiro atoms.